The van der Waals surface area contributed by atoms with Crippen LogP contribution in [-0.2, 0) is 0 Å². The van der Waals surface area contributed by atoms with Crippen LogP contribution in [0.3, 0.4) is 0 Å². The van der Waals surface area contributed by atoms with Gasteiger partial charge in [0.25, 0.3) is 0 Å². The topological polar surface area (TPSA) is 0 Å². The maximum absolute atomic E-state index is 2.39. The van der Waals surface area contributed by atoms with Gasteiger partial charge in [0, 0.05) is 19.2 Å². The third-order valence-electron chi connectivity index (χ3n) is 3.00. The lowest BCUT2D eigenvalue weighted by Crippen LogP contribution is -1.77. The summed E-state index contributed by atoms with van der Waals surface area (Å²) >= 11 is 5.93. The summed E-state index contributed by atoms with van der Waals surface area (Å²) in [6, 6.07) is 4.77. The summed E-state index contributed by atoms with van der Waals surface area (Å²) in [5, 5.41) is 0. The Morgan fingerprint density at radius 1 is 0.706 bits per heavy atom. The van der Waals surface area contributed by atoms with Gasteiger partial charge in [0.2, 0.25) is 0 Å². The van der Waals surface area contributed by atoms with Crippen LogP contribution < -0.4 is 0 Å². The molecule has 0 aliphatic carbocycles. The van der Waals surface area contributed by atoms with E-state index in [2.05, 4.69) is 39.8 Å². The minimum atomic E-state index is 0.652. The standard InChI is InChI=1S/C14H16S3/c1-7(2)9-5-11-13(16-9)14-12(15-11)6-10(17-14)8(3)4/h5-8H,1-4H3. The molecule has 3 rings (SSSR count). The van der Waals surface area contributed by atoms with E-state index in [4.69, 9.17) is 0 Å². The Bertz CT molecular complexity index is 607. The van der Waals surface area contributed by atoms with Gasteiger partial charge in [-0.05, 0) is 24.0 Å². The normalized spacial score (nSPS) is 12.6. The summed E-state index contributed by atoms with van der Waals surface area (Å²) in [7, 11) is 0. The molecule has 0 unspecified atom stereocenters. The van der Waals surface area contributed by atoms with E-state index in [9.17, 15) is 0 Å². The van der Waals surface area contributed by atoms with Crippen molar-refractivity contribution in [3.05, 3.63) is 21.9 Å². The average Bonchev–Trinajstić information content (AvgIpc) is 2.84. The lowest BCUT2D eigenvalue weighted by atomic mass is 10.2. The molecule has 0 radical (unpaired) electrons. The number of fused-ring (bicyclic) bond motifs is 3. The molecule has 0 saturated heterocycles. The molecule has 0 fully saturated rings. The molecule has 3 heterocycles. The molecule has 3 aromatic heterocycles. The Kier molecular flexibility index (Phi) is 2.80. The van der Waals surface area contributed by atoms with Crippen LogP contribution >= 0.6 is 34.0 Å². The zero-order valence-corrected chi connectivity index (χ0v) is 13.0. The Hall–Kier alpha value is -0.380. The van der Waals surface area contributed by atoms with Crippen molar-refractivity contribution in [3.63, 3.8) is 0 Å². The van der Waals surface area contributed by atoms with Crippen molar-refractivity contribution in [1.29, 1.82) is 0 Å². The first-order chi connectivity index (χ1) is 8.06. The summed E-state index contributed by atoms with van der Waals surface area (Å²) < 4.78 is 6.00. The molecule has 3 heteroatoms. The quantitative estimate of drug-likeness (QED) is 0.508. The van der Waals surface area contributed by atoms with E-state index in [-0.39, 0.29) is 0 Å². The fraction of sp³-hybridized carbons (Fsp3) is 0.429. The molecule has 0 aromatic carbocycles. The van der Waals surface area contributed by atoms with E-state index in [1.54, 1.807) is 0 Å². The second-order valence-corrected chi connectivity index (χ2v) is 8.35. The molecule has 17 heavy (non-hydrogen) atoms. The predicted octanol–water partition coefficient (Wildman–Crippen LogP) is 6.42. The van der Waals surface area contributed by atoms with Gasteiger partial charge < -0.3 is 0 Å². The van der Waals surface area contributed by atoms with Crippen LogP contribution in [0, 0.1) is 0 Å². The highest BCUT2D eigenvalue weighted by Crippen LogP contribution is 2.46. The van der Waals surface area contributed by atoms with E-state index >= 15 is 0 Å². The van der Waals surface area contributed by atoms with Gasteiger partial charge in [0.1, 0.15) is 0 Å². The van der Waals surface area contributed by atoms with E-state index in [0.717, 1.165) is 0 Å². The highest BCUT2D eigenvalue weighted by molar-refractivity contribution is 7.38. The van der Waals surface area contributed by atoms with Crippen molar-refractivity contribution in [2.45, 2.75) is 39.5 Å². The molecule has 0 N–H and O–H groups in total. The Labute approximate surface area is 114 Å². The molecule has 0 spiro atoms. The summed E-state index contributed by atoms with van der Waals surface area (Å²) in [4.78, 5) is 3.04. The molecule has 0 aliphatic heterocycles. The molecule has 90 valence electrons. The fourth-order valence-electron chi connectivity index (χ4n) is 1.94. The van der Waals surface area contributed by atoms with Gasteiger partial charge >= 0.3 is 0 Å². The van der Waals surface area contributed by atoms with Crippen molar-refractivity contribution in [2.24, 2.45) is 0 Å². The Morgan fingerprint density at radius 3 is 1.47 bits per heavy atom. The largest absolute Gasteiger partial charge is 0.138 e. The van der Waals surface area contributed by atoms with Crippen LogP contribution in [0.1, 0.15) is 49.3 Å². The van der Waals surface area contributed by atoms with Gasteiger partial charge in [-0.2, -0.15) is 0 Å². The van der Waals surface area contributed by atoms with Gasteiger partial charge in [-0.15, -0.1) is 34.0 Å². The first-order valence-electron chi connectivity index (χ1n) is 6.02. The lowest BCUT2D eigenvalue weighted by Gasteiger charge is -1.96. The van der Waals surface area contributed by atoms with Crippen LogP contribution in [0.25, 0.3) is 18.8 Å². The number of thiophene rings is 3. The third kappa shape index (κ3) is 1.85. The molecular weight excluding hydrogens is 264 g/mol. The van der Waals surface area contributed by atoms with Crippen molar-refractivity contribution >= 4 is 52.8 Å². The number of hydrogen-bond acceptors (Lipinski definition) is 3. The first kappa shape index (κ1) is 11.7. The van der Waals surface area contributed by atoms with Gasteiger partial charge in [0.15, 0.2) is 0 Å². The lowest BCUT2D eigenvalue weighted by molar-refractivity contribution is 0.891. The molecule has 0 nitrogen and oxygen atoms in total. The van der Waals surface area contributed by atoms with Crippen LogP contribution in [0.4, 0.5) is 0 Å². The van der Waals surface area contributed by atoms with Gasteiger partial charge in [-0.25, -0.2) is 0 Å². The van der Waals surface area contributed by atoms with Crippen LogP contribution in [0.15, 0.2) is 12.1 Å². The van der Waals surface area contributed by atoms with Crippen molar-refractivity contribution in [1.82, 2.24) is 0 Å². The summed E-state index contributed by atoms with van der Waals surface area (Å²) in [5.41, 5.74) is 0. The summed E-state index contributed by atoms with van der Waals surface area (Å²) in [6.45, 7) is 9.11. The monoisotopic (exact) mass is 280 g/mol. The maximum atomic E-state index is 2.39. The number of hydrogen-bond donors (Lipinski definition) is 0. The third-order valence-corrected chi connectivity index (χ3v) is 7.38. The van der Waals surface area contributed by atoms with Gasteiger partial charge in [-0.3, -0.25) is 0 Å². The van der Waals surface area contributed by atoms with Crippen molar-refractivity contribution < 1.29 is 0 Å². The minimum absolute atomic E-state index is 0.652. The average molecular weight is 280 g/mol. The van der Waals surface area contributed by atoms with Crippen molar-refractivity contribution in [3.8, 4) is 0 Å². The second-order valence-electron chi connectivity index (χ2n) is 5.10. The summed E-state index contributed by atoms with van der Waals surface area (Å²) in [5.74, 6) is 1.30. The van der Waals surface area contributed by atoms with Crippen LogP contribution in [0.5, 0.6) is 0 Å². The molecule has 3 aromatic rings. The van der Waals surface area contributed by atoms with E-state index < -0.39 is 0 Å². The smallest absolute Gasteiger partial charge is 0.0632 e. The minimum Gasteiger partial charge on any atom is -0.138 e. The molecule has 0 aliphatic rings. The maximum Gasteiger partial charge on any atom is 0.0632 e. The van der Waals surface area contributed by atoms with Crippen LogP contribution in [0.2, 0.25) is 0 Å². The zero-order valence-electron chi connectivity index (χ0n) is 10.5. The first-order valence-corrected chi connectivity index (χ1v) is 8.47. The SMILES string of the molecule is CC(C)c1cc2sc3cc(C(C)C)sc3c2s1. The highest BCUT2D eigenvalue weighted by atomic mass is 32.1. The zero-order chi connectivity index (χ0) is 12.2. The molecule has 0 saturated carbocycles. The number of rotatable bonds is 2. The molecule has 0 amide bonds. The van der Waals surface area contributed by atoms with Gasteiger partial charge in [0.05, 0.1) is 9.40 Å². The molecule has 0 bridgehead atoms. The van der Waals surface area contributed by atoms with Crippen molar-refractivity contribution in [2.75, 3.05) is 0 Å². The highest BCUT2D eigenvalue weighted by Gasteiger charge is 2.15. The second kappa shape index (κ2) is 4.08. The predicted molar refractivity (Wildman–Crippen MR) is 83.3 cm³/mol. The Balaban J connectivity index is 2.23. The molecule has 0 atom stereocenters. The summed E-state index contributed by atoms with van der Waals surface area (Å²) in [6.07, 6.45) is 0. The van der Waals surface area contributed by atoms with Gasteiger partial charge in [-0.1, -0.05) is 27.7 Å². The fourth-order valence-corrected chi connectivity index (χ4v) is 5.99. The van der Waals surface area contributed by atoms with E-state index in [0.29, 0.717) is 11.8 Å². The van der Waals surface area contributed by atoms with E-state index in [1.807, 2.05) is 34.0 Å². The van der Waals surface area contributed by atoms with Crippen LogP contribution in [-0.4, -0.2) is 0 Å². The Morgan fingerprint density at radius 2 is 1.12 bits per heavy atom. The van der Waals surface area contributed by atoms with E-state index in [1.165, 1.54) is 28.6 Å². The molecular formula is C14H16S3.